The summed E-state index contributed by atoms with van der Waals surface area (Å²) in [6, 6.07) is 15.8. The summed E-state index contributed by atoms with van der Waals surface area (Å²) in [5.41, 5.74) is 14.8. The highest BCUT2D eigenvalue weighted by Gasteiger charge is 2.13. The Kier molecular flexibility index (Phi) is 8.63. The zero-order valence-corrected chi connectivity index (χ0v) is 19.5. The Balaban J connectivity index is 1.72. The number of carbonyl (C=O) groups is 1. The topological polar surface area (TPSA) is 125 Å². The van der Waals surface area contributed by atoms with Gasteiger partial charge >= 0.3 is 0 Å². The number of hydrogen-bond acceptors (Lipinski definition) is 7. The van der Waals surface area contributed by atoms with E-state index in [1.165, 1.54) is 25.4 Å². The number of nitrogens with two attached hydrogens (primary N) is 2. The number of aromatic nitrogens is 1. The molecular weight excluding hydrogens is 446 g/mol. The number of carbonyl (C=O) groups excluding carboxylic acids is 1. The summed E-state index contributed by atoms with van der Waals surface area (Å²) in [6.07, 6.45) is 2.29. The largest absolute Gasteiger partial charge is 0.370 e. The number of aliphatic imine (C=N–C) groups is 1. The van der Waals surface area contributed by atoms with Crippen molar-refractivity contribution in [2.75, 3.05) is 12.4 Å². The monoisotopic (exact) mass is 471 g/mol. The third-order valence-corrected chi connectivity index (χ3v) is 6.07. The number of thiazole rings is 1. The fourth-order valence-electron chi connectivity index (χ4n) is 2.99. The van der Waals surface area contributed by atoms with Crippen LogP contribution in [0, 0.1) is 0 Å². The number of benzene rings is 2. The maximum absolute atomic E-state index is 11.5. The number of guanidine groups is 1. The highest BCUT2D eigenvalue weighted by Crippen LogP contribution is 2.28. The van der Waals surface area contributed by atoms with Crippen molar-refractivity contribution in [2.45, 2.75) is 31.1 Å². The van der Waals surface area contributed by atoms with E-state index < -0.39 is 0 Å². The molecule has 5 N–H and O–H groups in total. The number of rotatable bonds is 10. The third kappa shape index (κ3) is 7.34. The molecule has 0 fully saturated rings. The third-order valence-electron chi connectivity index (χ3n) is 4.39. The van der Waals surface area contributed by atoms with Crippen LogP contribution >= 0.6 is 23.4 Å². The van der Waals surface area contributed by atoms with Gasteiger partial charge in [0.25, 0.3) is 0 Å². The average Bonchev–Trinajstić information content (AvgIpc) is 3.12. The molecule has 0 aliphatic heterocycles. The molecule has 2 aromatic carbocycles. The maximum atomic E-state index is 11.5. The van der Waals surface area contributed by atoms with E-state index in [0.717, 1.165) is 57.9 Å². The van der Waals surface area contributed by atoms with Gasteiger partial charge in [-0.25, -0.2) is 14.9 Å². The molecule has 168 valence electrons. The summed E-state index contributed by atoms with van der Waals surface area (Å²) in [6.45, 7) is 1.48. The molecule has 0 radical (unpaired) electrons. The van der Waals surface area contributed by atoms with Crippen molar-refractivity contribution in [3.8, 4) is 0 Å². The molecule has 0 bridgehead atoms. The lowest BCUT2D eigenvalue weighted by atomic mass is 10.0. The molecule has 0 aliphatic rings. The van der Waals surface area contributed by atoms with E-state index in [2.05, 4.69) is 20.2 Å². The number of amides is 1. The Labute approximate surface area is 195 Å². The van der Waals surface area contributed by atoms with Crippen LogP contribution in [0.15, 0.2) is 58.4 Å². The zero-order valence-electron chi connectivity index (χ0n) is 17.8. The van der Waals surface area contributed by atoms with E-state index in [4.69, 9.17) is 15.8 Å². The minimum Gasteiger partial charge on any atom is -0.370 e. The Bertz CT molecular complexity index is 1060. The summed E-state index contributed by atoms with van der Waals surface area (Å²) in [4.78, 5) is 26.9. The van der Waals surface area contributed by atoms with Crippen molar-refractivity contribution in [2.24, 2.45) is 16.5 Å². The second-order valence-electron chi connectivity index (χ2n) is 6.91. The predicted octanol–water partition coefficient (Wildman–Crippen LogP) is 3.97. The van der Waals surface area contributed by atoms with Gasteiger partial charge < -0.3 is 16.8 Å². The number of nitrogens with one attached hydrogen (secondary N) is 1. The molecule has 1 amide bonds. The number of anilines is 1. The molecule has 32 heavy (non-hydrogen) atoms. The normalized spacial score (nSPS) is 10.7. The summed E-state index contributed by atoms with van der Waals surface area (Å²) >= 11 is 2.66. The smallest absolute Gasteiger partial charge is 0.223 e. The van der Waals surface area contributed by atoms with Gasteiger partial charge in [0.2, 0.25) is 5.91 Å². The fraction of sp³-hybridized carbons (Fsp3) is 0.227. The minimum atomic E-state index is -0.133. The quantitative estimate of drug-likeness (QED) is 0.134. The van der Waals surface area contributed by atoms with Crippen molar-refractivity contribution >= 4 is 46.1 Å². The molecule has 1 heterocycles. The molecule has 0 spiro atoms. The zero-order chi connectivity index (χ0) is 22.9. The van der Waals surface area contributed by atoms with Crippen molar-refractivity contribution in [1.29, 1.82) is 0 Å². The SMILES string of the molecule is COOSc1ccc(Cc2sc(NC(C)=O)nc2CCc2ccc(N=C(N)N)cc2)cc1. The first kappa shape index (κ1) is 23.7. The Hall–Kier alpha value is -2.92. The summed E-state index contributed by atoms with van der Waals surface area (Å²) in [5.74, 6) is -0.0973. The van der Waals surface area contributed by atoms with Gasteiger partial charge in [-0.1, -0.05) is 24.3 Å². The second-order valence-corrected chi connectivity index (χ2v) is 8.77. The van der Waals surface area contributed by atoms with Gasteiger partial charge in [0.05, 0.1) is 30.5 Å². The minimum absolute atomic E-state index is 0.0354. The van der Waals surface area contributed by atoms with Crippen LogP contribution in [0.1, 0.15) is 28.6 Å². The number of hydrogen-bond donors (Lipinski definition) is 3. The van der Waals surface area contributed by atoms with Crippen LogP contribution in [0.25, 0.3) is 0 Å². The summed E-state index contributed by atoms with van der Waals surface area (Å²) < 4.78 is 4.89. The predicted molar refractivity (Wildman–Crippen MR) is 129 cm³/mol. The highest BCUT2D eigenvalue weighted by molar-refractivity contribution is 7.94. The molecule has 3 rings (SSSR count). The molecule has 0 atom stereocenters. The molecule has 10 heteroatoms. The van der Waals surface area contributed by atoms with Gasteiger partial charge in [0, 0.05) is 23.1 Å². The maximum Gasteiger partial charge on any atom is 0.223 e. The van der Waals surface area contributed by atoms with E-state index in [-0.39, 0.29) is 11.9 Å². The fourth-order valence-corrected chi connectivity index (χ4v) is 4.47. The van der Waals surface area contributed by atoms with Crippen molar-refractivity contribution in [3.63, 3.8) is 0 Å². The first-order valence-electron chi connectivity index (χ1n) is 9.84. The van der Waals surface area contributed by atoms with Gasteiger partial charge in [-0.15, -0.1) is 11.3 Å². The lowest BCUT2D eigenvalue weighted by molar-refractivity contribution is -0.160. The second kappa shape index (κ2) is 11.6. The van der Waals surface area contributed by atoms with Crippen LogP contribution in [0.4, 0.5) is 10.8 Å². The summed E-state index contributed by atoms with van der Waals surface area (Å²) in [5, 5.41) is 3.42. The Morgan fingerprint density at radius 2 is 1.78 bits per heavy atom. The van der Waals surface area contributed by atoms with Crippen LogP contribution in [-0.2, 0) is 33.3 Å². The lowest BCUT2D eigenvalue weighted by Crippen LogP contribution is -2.21. The van der Waals surface area contributed by atoms with Gasteiger partial charge in [-0.05, 0) is 48.2 Å². The number of nitrogens with zero attached hydrogens (tertiary/aromatic N) is 2. The molecule has 8 nitrogen and oxygen atoms in total. The Morgan fingerprint density at radius 1 is 1.09 bits per heavy atom. The van der Waals surface area contributed by atoms with Crippen LogP contribution in [0.5, 0.6) is 0 Å². The van der Waals surface area contributed by atoms with E-state index >= 15 is 0 Å². The van der Waals surface area contributed by atoms with E-state index in [1.807, 2.05) is 48.5 Å². The van der Waals surface area contributed by atoms with Crippen LogP contribution in [0.2, 0.25) is 0 Å². The van der Waals surface area contributed by atoms with Gasteiger partial charge in [-0.3, -0.25) is 4.79 Å². The van der Waals surface area contributed by atoms with Gasteiger partial charge in [0.15, 0.2) is 11.1 Å². The molecule has 3 aromatic rings. The van der Waals surface area contributed by atoms with Crippen LogP contribution < -0.4 is 16.8 Å². The first-order valence-corrected chi connectivity index (χ1v) is 11.4. The standard InChI is InChI=1S/C22H25N5O3S2/c1-14(28)25-22-27-19(12-7-15-3-8-17(9-4-15)26-21(23)24)20(31-22)13-16-5-10-18(11-6-16)32-30-29-2/h3-6,8-11H,7,12-13H2,1-2H3,(H4,23,24,26)(H,25,27,28). The van der Waals surface area contributed by atoms with E-state index in [0.29, 0.717) is 10.8 Å². The first-order chi connectivity index (χ1) is 15.4. The van der Waals surface area contributed by atoms with Crippen molar-refractivity contribution in [3.05, 3.63) is 70.2 Å². The van der Waals surface area contributed by atoms with Crippen molar-refractivity contribution < 1.29 is 14.0 Å². The van der Waals surface area contributed by atoms with Gasteiger partial charge in [-0.2, -0.15) is 4.33 Å². The molecule has 0 unspecified atom stereocenters. The van der Waals surface area contributed by atoms with Gasteiger partial charge in [0.1, 0.15) is 0 Å². The van der Waals surface area contributed by atoms with E-state index in [1.54, 1.807) is 0 Å². The highest BCUT2D eigenvalue weighted by atomic mass is 32.2. The molecular formula is C22H25N5O3S2. The molecule has 0 aliphatic carbocycles. The number of aryl methyl sites for hydroxylation is 2. The molecule has 1 aromatic heterocycles. The Morgan fingerprint density at radius 3 is 2.41 bits per heavy atom. The molecule has 0 saturated carbocycles. The van der Waals surface area contributed by atoms with E-state index in [9.17, 15) is 4.79 Å². The van der Waals surface area contributed by atoms with Crippen molar-refractivity contribution in [1.82, 2.24) is 4.98 Å². The van der Waals surface area contributed by atoms with Crippen LogP contribution in [-0.4, -0.2) is 24.0 Å². The molecule has 0 saturated heterocycles. The summed E-state index contributed by atoms with van der Waals surface area (Å²) in [7, 11) is 1.47. The lowest BCUT2D eigenvalue weighted by Gasteiger charge is -2.05. The van der Waals surface area contributed by atoms with Crippen LogP contribution in [0.3, 0.4) is 0 Å². The average molecular weight is 472 g/mol.